The smallest absolute Gasteiger partial charge is 0.385 e. The molecule has 0 N–H and O–H groups in total. The zero-order valence-corrected chi connectivity index (χ0v) is 11.6. The number of ether oxygens (including phenoxy) is 1. The minimum atomic E-state index is -3.08. The minimum Gasteiger partial charge on any atom is -0.385 e. The predicted octanol–water partition coefficient (Wildman–Crippen LogP) is 3.67. The van der Waals surface area contributed by atoms with Crippen LogP contribution in [-0.4, -0.2) is 36.3 Å². The molecule has 2 rings (SSSR count). The quantitative estimate of drug-likeness (QED) is 0.520. The molecule has 0 saturated carbocycles. The van der Waals surface area contributed by atoms with Crippen LogP contribution >= 0.6 is 12.4 Å². The van der Waals surface area contributed by atoms with Crippen LogP contribution in [0.5, 0.6) is 0 Å². The number of hydrogen-bond donors (Lipinski definition) is 0. The summed E-state index contributed by atoms with van der Waals surface area (Å²) in [6, 6.07) is 12.5. The average Bonchev–Trinajstić information content (AvgIpc) is 2.77. The fourth-order valence-electron chi connectivity index (χ4n) is 0.852. The second-order valence-corrected chi connectivity index (χ2v) is 2.61. The third-order valence-electron chi connectivity index (χ3n) is 1.43. The van der Waals surface area contributed by atoms with Crippen LogP contribution in [-0.2, 0) is 4.74 Å². The van der Waals surface area contributed by atoms with E-state index in [4.69, 9.17) is 4.74 Å². The Balaban J connectivity index is -0.000000167. The number of hydrogen-bond acceptors (Lipinski definition) is 1. The maximum atomic E-state index is 9.58. The maximum absolute atomic E-state index is 9.58. The Morgan fingerprint density at radius 2 is 1.35 bits per heavy atom. The van der Waals surface area contributed by atoms with Gasteiger partial charge >= 0.3 is 23.1 Å². The predicted molar refractivity (Wildman–Crippen MR) is 64.9 cm³/mol. The normalized spacial score (nSPS) is 12.0. The number of rotatable bonds is 0. The minimum absolute atomic E-state index is 0. The molecule has 1 aromatic rings. The van der Waals surface area contributed by atoms with Gasteiger partial charge < -0.3 is 17.9 Å². The summed E-state index contributed by atoms with van der Waals surface area (Å²) in [5.74, 6) is 0. The molecule has 0 atom stereocenters. The van der Waals surface area contributed by atoms with Crippen molar-refractivity contribution in [3.63, 3.8) is 0 Å². The molecule has 1 nitrogen and oxygen atoms in total. The van der Waals surface area contributed by atoms with E-state index in [9.17, 15) is 13.2 Å². The van der Waals surface area contributed by atoms with Crippen molar-refractivity contribution in [3.8, 4) is 0 Å². The van der Waals surface area contributed by atoms with E-state index in [0.29, 0.717) is 0 Å². The molecule has 0 aliphatic carbocycles. The van der Waals surface area contributed by atoms with Crippen molar-refractivity contribution < 1.29 is 17.9 Å². The van der Waals surface area contributed by atoms with Crippen LogP contribution in [0.15, 0.2) is 30.3 Å². The Hall–Kier alpha value is 0.0262. The van der Waals surface area contributed by atoms with Crippen LogP contribution < -0.4 is 0 Å². The van der Waals surface area contributed by atoms with Gasteiger partial charge in [0.25, 0.3) is 0 Å². The molecular weight excluding hydrogens is 265 g/mol. The van der Waals surface area contributed by atoms with Crippen LogP contribution in [0, 0.1) is 12.7 Å². The average molecular weight is 279 g/mol. The van der Waals surface area contributed by atoms with E-state index in [1.165, 1.54) is 12.8 Å². The van der Waals surface area contributed by atoms with Gasteiger partial charge in [0.2, 0.25) is 0 Å². The zero-order chi connectivity index (χ0) is 11.4. The van der Waals surface area contributed by atoms with Gasteiger partial charge in [-0.2, -0.15) is 36.4 Å². The summed E-state index contributed by atoms with van der Waals surface area (Å²) in [6.07, 6.45) is 2.56. The van der Waals surface area contributed by atoms with E-state index in [0.717, 1.165) is 13.2 Å². The molecule has 17 heavy (non-hydrogen) atoms. The van der Waals surface area contributed by atoms with Gasteiger partial charge in [0, 0.05) is 13.2 Å². The van der Waals surface area contributed by atoms with Crippen molar-refractivity contribution in [3.05, 3.63) is 43.1 Å². The molecule has 94 valence electrons. The number of halogens is 4. The van der Waals surface area contributed by atoms with Crippen molar-refractivity contribution in [2.24, 2.45) is 0 Å². The molecule has 0 radical (unpaired) electrons. The summed E-state index contributed by atoms with van der Waals surface area (Å²) in [4.78, 5) is 0. The molecular formula is C11H14ClF3MgO. The van der Waals surface area contributed by atoms with Gasteiger partial charge in [-0.3, -0.25) is 0 Å². The van der Waals surface area contributed by atoms with Gasteiger partial charge in [-0.05, 0) is 12.8 Å². The van der Waals surface area contributed by atoms with Crippen LogP contribution in [0.2, 0.25) is 0 Å². The van der Waals surface area contributed by atoms with Crippen molar-refractivity contribution in [1.82, 2.24) is 0 Å². The third kappa shape index (κ3) is 25.9. The molecule has 1 heterocycles. The summed E-state index contributed by atoms with van der Waals surface area (Å²) >= 11 is 0. The summed E-state index contributed by atoms with van der Waals surface area (Å²) in [6.45, 7) is -1.08. The third-order valence-corrected chi connectivity index (χ3v) is 1.43. The fourth-order valence-corrected chi connectivity index (χ4v) is 0.852. The Labute approximate surface area is 122 Å². The van der Waals surface area contributed by atoms with Crippen molar-refractivity contribution in [2.45, 2.75) is 12.8 Å². The first-order chi connectivity index (χ1) is 7.23. The van der Waals surface area contributed by atoms with E-state index >= 15 is 0 Å². The van der Waals surface area contributed by atoms with Gasteiger partial charge in [0.05, 0.1) is 0 Å². The summed E-state index contributed by atoms with van der Waals surface area (Å²) in [7, 11) is 0. The first kappa shape index (κ1) is 22.2. The van der Waals surface area contributed by atoms with Gasteiger partial charge in [-0.15, -0.1) is 12.4 Å². The molecule has 1 saturated heterocycles. The standard InChI is InChI=1S/C6H5.C4H8O.CF3.ClH.Mg/c1-2-4-6-5-3-1;1-2-4-5-3-1;2-1(3)4;;/h1-5H;1-4H2;;1H;/q-1;;-1;;+2. The summed E-state index contributed by atoms with van der Waals surface area (Å²) < 4.78 is 33.7. The van der Waals surface area contributed by atoms with Crippen LogP contribution in [0.3, 0.4) is 0 Å². The van der Waals surface area contributed by atoms with Gasteiger partial charge in [-0.25, -0.2) is 0 Å². The Morgan fingerprint density at radius 3 is 1.47 bits per heavy atom. The van der Waals surface area contributed by atoms with Crippen LogP contribution in [0.25, 0.3) is 0 Å². The maximum Gasteiger partial charge on any atom is 2.00 e. The fraction of sp³-hybridized carbons (Fsp3) is 0.364. The van der Waals surface area contributed by atoms with Gasteiger partial charge in [-0.1, -0.05) is 0 Å². The first-order valence-electron chi connectivity index (χ1n) is 4.55. The van der Waals surface area contributed by atoms with Crippen LogP contribution in [0.1, 0.15) is 12.8 Å². The SMILES string of the molecule is C1CCOC1.Cl.F[C-](F)F.[Mg+2].[c-]1ccccc1. The Morgan fingerprint density at radius 1 is 0.941 bits per heavy atom. The first-order valence-corrected chi connectivity index (χ1v) is 4.55. The largest absolute Gasteiger partial charge is 2.00 e. The van der Waals surface area contributed by atoms with E-state index < -0.39 is 6.68 Å². The molecule has 0 amide bonds. The van der Waals surface area contributed by atoms with E-state index in [2.05, 4.69) is 6.07 Å². The van der Waals surface area contributed by atoms with Crippen molar-refractivity contribution in [2.75, 3.05) is 13.2 Å². The molecule has 1 aromatic carbocycles. The molecule has 1 fully saturated rings. The molecule has 0 spiro atoms. The van der Waals surface area contributed by atoms with Crippen molar-refractivity contribution in [1.29, 1.82) is 0 Å². The van der Waals surface area contributed by atoms with Crippen LogP contribution in [0.4, 0.5) is 13.2 Å². The molecule has 1 aliphatic heterocycles. The second kappa shape index (κ2) is 18.4. The zero-order valence-electron chi connectivity index (χ0n) is 9.37. The molecule has 1 aliphatic rings. The molecule has 0 aromatic heterocycles. The second-order valence-electron chi connectivity index (χ2n) is 2.61. The Bertz CT molecular complexity index is 174. The Kier molecular flexibility index (Phi) is 24.0. The molecule has 6 heteroatoms. The summed E-state index contributed by atoms with van der Waals surface area (Å²) in [5, 5.41) is 0. The molecule has 0 unspecified atom stereocenters. The van der Waals surface area contributed by atoms with E-state index in [1.54, 1.807) is 0 Å². The van der Waals surface area contributed by atoms with E-state index in [1.807, 2.05) is 30.3 Å². The monoisotopic (exact) mass is 278 g/mol. The number of benzene rings is 1. The molecule has 0 bridgehead atoms. The van der Waals surface area contributed by atoms with E-state index in [-0.39, 0.29) is 35.5 Å². The van der Waals surface area contributed by atoms with Gasteiger partial charge in [0.15, 0.2) is 6.68 Å². The summed E-state index contributed by atoms with van der Waals surface area (Å²) in [5.41, 5.74) is 0. The van der Waals surface area contributed by atoms with Crippen molar-refractivity contribution >= 4 is 35.5 Å². The van der Waals surface area contributed by atoms with Gasteiger partial charge in [0.1, 0.15) is 0 Å². The topological polar surface area (TPSA) is 9.23 Å².